The predicted molar refractivity (Wildman–Crippen MR) is 116 cm³/mol. The summed E-state index contributed by atoms with van der Waals surface area (Å²) in [5.74, 6) is -2.81. The molecular weight excluding hydrogens is 466 g/mol. The second-order valence-corrected chi connectivity index (χ2v) is 8.48. The number of nitrogens with zero attached hydrogens (tertiary/aromatic N) is 2. The highest BCUT2D eigenvalue weighted by molar-refractivity contribution is 7.11. The minimum Gasteiger partial charge on any atom is -0.471 e. The molecule has 1 fully saturated rings. The van der Waals surface area contributed by atoms with Crippen molar-refractivity contribution in [3.05, 3.63) is 39.9 Å². The molecule has 0 saturated carbocycles. The highest BCUT2D eigenvalue weighted by atomic mass is 35.5. The molecule has 0 radical (unpaired) electrons. The lowest BCUT2D eigenvalue weighted by atomic mass is 10.1. The average Bonchev–Trinajstić information content (AvgIpc) is 3.32. The van der Waals surface area contributed by atoms with Crippen molar-refractivity contribution in [3.8, 4) is 5.88 Å². The zero-order valence-corrected chi connectivity index (χ0v) is 19.1. The van der Waals surface area contributed by atoms with Crippen molar-refractivity contribution in [2.45, 2.75) is 31.9 Å². The minimum atomic E-state index is -0.893. The van der Waals surface area contributed by atoms with Gasteiger partial charge >= 0.3 is 12.0 Å². The summed E-state index contributed by atoms with van der Waals surface area (Å²) in [7, 11) is 3.21. The largest absolute Gasteiger partial charge is 0.471 e. The Balaban J connectivity index is 1.64. The molecule has 1 atom stereocenters. The topological polar surface area (TPSA) is 92.8 Å². The standard InChI is InChI=1S/C20H23ClF2N4O4S/c1-27-7-3-4-12(27)5-6-24-20(29)25-18-16(19(28)30-2)17(26-32-18)31-10-13-14(22)8-11(21)9-15(13)23/h8-9,12H,3-7,10H2,1-2H3,(H2,24,25,29). The van der Waals surface area contributed by atoms with Crippen LogP contribution in [0.1, 0.15) is 35.2 Å². The number of carbonyl (C=O) groups is 2. The SMILES string of the molecule is COC(=O)c1c(OCc2c(F)cc(Cl)cc2F)nsc1NC(=O)NCCC1CCCN1C. The normalized spacial score (nSPS) is 16.1. The molecule has 1 unspecified atom stereocenters. The number of anilines is 1. The highest BCUT2D eigenvalue weighted by Gasteiger charge is 2.26. The zero-order chi connectivity index (χ0) is 23.3. The Morgan fingerprint density at radius 2 is 2.06 bits per heavy atom. The van der Waals surface area contributed by atoms with Gasteiger partial charge in [-0.1, -0.05) is 11.6 Å². The number of benzene rings is 1. The van der Waals surface area contributed by atoms with E-state index in [0.29, 0.717) is 12.6 Å². The van der Waals surface area contributed by atoms with E-state index in [0.717, 1.165) is 56.6 Å². The first-order valence-corrected chi connectivity index (χ1v) is 11.0. The monoisotopic (exact) mass is 488 g/mol. The zero-order valence-electron chi connectivity index (χ0n) is 17.5. The van der Waals surface area contributed by atoms with E-state index in [2.05, 4.69) is 27.0 Å². The molecule has 32 heavy (non-hydrogen) atoms. The van der Waals surface area contributed by atoms with E-state index in [-0.39, 0.29) is 27.0 Å². The van der Waals surface area contributed by atoms with E-state index >= 15 is 0 Å². The molecule has 8 nitrogen and oxygen atoms in total. The maximum absolute atomic E-state index is 14.0. The number of methoxy groups -OCH3 is 1. The Labute approximate surface area is 193 Å². The van der Waals surface area contributed by atoms with Crippen LogP contribution in [-0.4, -0.2) is 54.6 Å². The molecule has 3 rings (SSSR count). The Kier molecular flexibility index (Phi) is 8.21. The highest BCUT2D eigenvalue weighted by Crippen LogP contribution is 2.32. The molecule has 1 aliphatic heterocycles. The van der Waals surface area contributed by atoms with Gasteiger partial charge in [0.25, 0.3) is 0 Å². The first-order valence-electron chi connectivity index (χ1n) is 9.89. The first kappa shape index (κ1) is 24.1. The number of nitrogens with one attached hydrogen (secondary N) is 2. The average molecular weight is 489 g/mol. The molecule has 0 spiro atoms. The molecule has 2 N–H and O–H groups in total. The lowest BCUT2D eigenvalue weighted by Gasteiger charge is -2.19. The third kappa shape index (κ3) is 5.84. The molecular formula is C20H23ClF2N4O4S. The number of likely N-dealkylation sites (tertiary alicyclic amines) is 1. The molecule has 12 heteroatoms. The number of hydrogen-bond acceptors (Lipinski definition) is 7. The van der Waals surface area contributed by atoms with Crippen molar-refractivity contribution in [3.63, 3.8) is 0 Å². The van der Waals surface area contributed by atoms with E-state index in [1.165, 1.54) is 0 Å². The van der Waals surface area contributed by atoms with Crippen LogP contribution in [0.4, 0.5) is 18.6 Å². The maximum Gasteiger partial charge on any atom is 0.346 e. The van der Waals surface area contributed by atoms with Crippen molar-refractivity contribution in [1.82, 2.24) is 14.6 Å². The number of amides is 2. The van der Waals surface area contributed by atoms with Gasteiger partial charge in [0, 0.05) is 17.6 Å². The summed E-state index contributed by atoms with van der Waals surface area (Å²) >= 11 is 6.40. The van der Waals surface area contributed by atoms with Crippen LogP contribution in [0, 0.1) is 11.6 Å². The number of aromatic nitrogens is 1. The van der Waals surface area contributed by atoms with Gasteiger partial charge in [-0.25, -0.2) is 18.4 Å². The number of esters is 1. The molecule has 0 aliphatic carbocycles. The fourth-order valence-electron chi connectivity index (χ4n) is 3.44. The van der Waals surface area contributed by atoms with E-state index in [1.54, 1.807) is 0 Å². The number of carbonyl (C=O) groups excluding carboxylic acids is 2. The lowest BCUT2D eigenvalue weighted by Crippen LogP contribution is -2.34. The van der Waals surface area contributed by atoms with Gasteiger partial charge in [-0.15, -0.1) is 0 Å². The molecule has 1 saturated heterocycles. The van der Waals surface area contributed by atoms with Gasteiger partial charge in [-0.3, -0.25) is 5.32 Å². The van der Waals surface area contributed by atoms with E-state index < -0.39 is 30.2 Å². The van der Waals surface area contributed by atoms with Crippen LogP contribution in [0.2, 0.25) is 5.02 Å². The van der Waals surface area contributed by atoms with E-state index in [1.807, 2.05) is 0 Å². The second kappa shape index (κ2) is 10.9. The quantitative estimate of drug-likeness (QED) is 0.545. The number of rotatable bonds is 8. The van der Waals surface area contributed by atoms with Crippen LogP contribution in [0.5, 0.6) is 5.88 Å². The van der Waals surface area contributed by atoms with Gasteiger partial charge in [0.1, 0.15) is 23.2 Å². The summed E-state index contributed by atoms with van der Waals surface area (Å²) in [5.41, 5.74) is -0.514. The van der Waals surface area contributed by atoms with Crippen molar-refractivity contribution < 1.29 is 27.8 Å². The van der Waals surface area contributed by atoms with Gasteiger partial charge in [-0.2, -0.15) is 4.37 Å². The van der Waals surface area contributed by atoms with Crippen molar-refractivity contribution in [1.29, 1.82) is 0 Å². The maximum atomic E-state index is 14.0. The summed E-state index contributed by atoms with van der Waals surface area (Å²) in [6, 6.07) is 1.82. The fraction of sp³-hybridized carbons (Fsp3) is 0.450. The van der Waals surface area contributed by atoms with Crippen molar-refractivity contribution in [2.24, 2.45) is 0 Å². The number of halogens is 3. The molecule has 1 aromatic carbocycles. The van der Waals surface area contributed by atoms with E-state index in [9.17, 15) is 18.4 Å². The summed E-state index contributed by atoms with van der Waals surface area (Å²) in [4.78, 5) is 26.8. The van der Waals surface area contributed by atoms with Crippen LogP contribution in [-0.2, 0) is 11.3 Å². The molecule has 1 aromatic heterocycles. The first-order chi connectivity index (χ1) is 15.3. The summed E-state index contributed by atoms with van der Waals surface area (Å²) < 4.78 is 42.1. The minimum absolute atomic E-state index is 0.0928. The number of urea groups is 1. The van der Waals surface area contributed by atoms with Crippen LogP contribution in [0.25, 0.3) is 0 Å². The number of hydrogen-bond donors (Lipinski definition) is 2. The van der Waals surface area contributed by atoms with E-state index in [4.69, 9.17) is 21.1 Å². The predicted octanol–water partition coefficient (Wildman–Crippen LogP) is 4.05. The molecule has 2 aromatic rings. The smallest absolute Gasteiger partial charge is 0.346 e. The summed E-state index contributed by atoms with van der Waals surface area (Å²) in [6.07, 6.45) is 3.04. The second-order valence-electron chi connectivity index (χ2n) is 7.27. The third-order valence-corrected chi connectivity index (χ3v) is 6.14. The molecule has 0 bridgehead atoms. The molecule has 2 amide bonds. The summed E-state index contributed by atoms with van der Waals surface area (Å²) in [6.45, 7) is 0.974. The Hall–Kier alpha value is -2.50. The van der Waals surface area contributed by atoms with Gasteiger partial charge < -0.3 is 19.7 Å². The van der Waals surface area contributed by atoms with Gasteiger partial charge in [-0.05, 0) is 56.5 Å². The van der Waals surface area contributed by atoms with Gasteiger partial charge in [0.05, 0.1) is 12.7 Å². The van der Waals surface area contributed by atoms with Crippen LogP contribution < -0.4 is 15.4 Å². The van der Waals surface area contributed by atoms with Crippen LogP contribution >= 0.6 is 23.1 Å². The van der Waals surface area contributed by atoms with Gasteiger partial charge in [0.15, 0.2) is 5.56 Å². The Bertz CT molecular complexity index is 967. The molecule has 174 valence electrons. The summed E-state index contributed by atoms with van der Waals surface area (Å²) in [5, 5.41) is 5.31. The fourth-order valence-corrected chi connectivity index (χ4v) is 4.35. The molecule has 1 aliphatic rings. The van der Waals surface area contributed by atoms with Crippen molar-refractivity contribution >= 4 is 40.1 Å². The molecule has 2 heterocycles. The van der Waals surface area contributed by atoms with Gasteiger partial charge in [0.2, 0.25) is 5.88 Å². The Morgan fingerprint density at radius 3 is 2.69 bits per heavy atom. The lowest BCUT2D eigenvalue weighted by molar-refractivity contribution is 0.0596. The van der Waals surface area contributed by atoms with Crippen LogP contribution in [0.3, 0.4) is 0 Å². The number of ether oxygens (including phenoxy) is 2. The Morgan fingerprint density at radius 1 is 1.34 bits per heavy atom. The van der Waals surface area contributed by atoms with Crippen molar-refractivity contribution in [2.75, 3.05) is 32.6 Å². The van der Waals surface area contributed by atoms with Crippen LogP contribution in [0.15, 0.2) is 12.1 Å². The third-order valence-electron chi connectivity index (χ3n) is 5.17.